The molecule has 0 radical (unpaired) electrons. The van der Waals surface area contributed by atoms with E-state index in [-0.39, 0.29) is 29.4 Å². The monoisotopic (exact) mass is 386 g/mol. The van der Waals surface area contributed by atoms with Gasteiger partial charge in [0.05, 0.1) is 12.2 Å². The minimum absolute atomic E-state index is 0.108. The average molecular weight is 386 g/mol. The van der Waals surface area contributed by atoms with Crippen LogP contribution < -0.4 is 10.1 Å². The van der Waals surface area contributed by atoms with Gasteiger partial charge in [0.25, 0.3) is 5.91 Å². The van der Waals surface area contributed by atoms with Crippen LogP contribution in [0.5, 0.6) is 5.75 Å². The first kappa shape index (κ1) is 18.9. The zero-order valence-electron chi connectivity index (χ0n) is 15.7. The van der Waals surface area contributed by atoms with Crippen molar-refractivity contribution in [1.82, 2.24) is 10.2 Å². The summed E-state index contributed by atoms with van der Waals surface area (Å²) in [5.74, 6) is -0.406. The van der Waals surface area contributed by atoms with Gasteiger partial charge in [-0.1, -0.05) is 18.2 Å². The standard InChI is InChI=1S/C22H24F2N2O2/c23-15-7-8-18-20(6-3-13-28-21(18)14-15)25-16-9-11-26(12-10-16)22(27)17-4-1-2-5-19(17)24/h1-2,4-5,7-8,14,16,20,25H,3,6,9-13H2. The molecule has 4 rings (SSSR count). The van der Waals surface area contributed by atoms with E-state index < -0.39 is 5.82 Å². The number of benzene rings is 2. The Morgan fingerprint density at radius 3 is 2.64 bits per heavy atom. The van der Waals surface area contributed by atoms with Crippen LogP contribution in [0.1, 0.15) is 47.6 Å². The minimum atomic E-state index is -0.477. The third-order valence-electron chi connectivity index (χ3n) is 5.57. The first-order chi connectivity index (χ1) is 13.6. The molecule has 2 aliphatic rings. The summed E-state index contributed by atoms with van der Waals surface area (Å²) in [4.78, 5) is 14.3. The van der Waals surface area contributed by atoms with E-state index in [2.05, 4.69) is 5.32 Å². The van der Waals surface area contributed by atoms with Crippen LogP contribution >= 0.6 is 0 Å². The molecule has 2 aromatic carbocycles. The van der Waals surface area contributed by atoms with Crippen LogP contribution in [0.2, 0.25) is 0 Å². The zero-order chi connectivity index (χ0) is 19.5. The topological polar surface area (TPSA) is 41.6 Å². The predicted octanol–water partition coefficient (Wildman–Crippen LogP) is 4.07. The van der Waals surface area contributed by atoms with Gasteiger partial charge in [-0.3, -0.25) is 4.79 Å². The fourth-order valence-electron chi connectivity index (χ4n) is 4.06. The van der Waals surface area contributed by atoms with Crippen molar-refractivity contribution in [3.05, 3.63) is 65.2 Å². The van der Waals surface area contributed by atoms with E-state index in [0.29, 0.717) is 25.4 Å². The molecule has 0 aromatic heterocycles. The summed E-state index contributed by atoms with van der Waals surface area (Å²) in [6, 6.07) is 11.2. The fraction of sp³-hybridized carbons (Fsp3) is 0.409. The van der Waals surface area contributed by atoms with E-state index in [0.717, 1.165) is 31.2 Å². The fourth-order valence-corrected chi connectivity index (χ4v) is 4.06. The van der Waals surface area contributed by atoms with Crippen molar-refractivity contribution in [2.45, 2.75) is 37.8 Å². The minimum Gasteiger partial charge on any atom is -0.493 e. The molecule has 0 spiro atoms. The lowest BCUT2D eigenvalue weighted by Gasteiger charge is -2.34. The van der Waals surface area contributed by atoms with Gasteiger partial charge < -0.3 is 15.0 Å². The van der Waals surface area contributed by atoms with Crippen LogP contribution in [0.15, 0.2) is 42.5 Å². The third kappa shape index (κ3) is 4.02. The summed E-state index contributed by atoms with van der Waals surface area (Å²) in [6.45, 7) is 1.76. The lowest BCUT2D eigenvalue weighted by molar-refractivity contribution is 0.0696. The molecule has 0 aliphatic carbocycles. The number of nitrogens with one attached hydrogen (secondary N) is 1. The molecule has 1 atom stereocenters. The second-order valence-electron chi connectivity index (χ2n) is 7.44. The Bertz CT molecular complexity index is 850. The van der Waals surface area contributed by atoms with Crippen molar-refractivity contribution in [2.75, 3.05) is 19.7 Å². The molecule has 2 aromatic rings. The highest BCUT2D eigenvalue weighted by Crippen LogP contribution is 2.33. The second-order valence-corrected chi connectivity index (χ2v) is 7.44. The number of ether oxygens (including phenoxy) is 1. The number of likely N-dealkylation sites (tertiary alicyclic amines) is 1. The molecule has 28 heavy (non-hydrogen) atoms. The maximum atomic E-state index is 13.9. The van der Waals surface area contributed by atoms with Crippen LogP contribution in [-0.2, 0) is 0 Å². The largest absolute Gasteiger partial charge is 0.493 e. The van der Waals surface area contributed by atoms with Gasteiger partial charge in [-0.05, 0) is 43.9 Å². The SMILES string of the molecule is O=C(c1ccccc1F)N1CCC(NC2CCCOc3cc(F)ccc32)CC1. The number of rotatable bonds is 3. The van der Waals surface area contributed by atoms with Gasteiger partial charge in [0, 0.05) is 36.8 Å². The van der Waals surface area contributed by atoms with Crippen molar-refractivity contribution >= 4 is 5.91 Å². The average Bonchev–Trinajstić information content (AvgIpc) is 2.90. The Kier molecular flexibility index (Phi) is 5.57. The lowest BCUT2D eigenvalue weighted by Crippen LogP contribution is -2.46. The first-order valence-electron chi connectivity index (χ1n) is 9.84. The lowest BCUT2D eigenvalue weighted by atomic mass is 9.97. The predicted molar refractivity (Wildman–Crippen MR) is 102 cm³/mol. The van der Waals surface area contributed by atoms with Gasteiger partial charge in [-0.25, -0.2) is 8.78 Å². The smallest absolute Gasteiger partial charge is 0.256 e. The molecule has 1 N–H and O–H groups in total. The number of hydrogen-bond acceptors (Lipinski definition) is 3. The third-order valence-corrected chi connectivity index (χ3v) is 5.57. The maximum absolute atomic E-state index is 13.9. The van der Waals surface area contributed by atoms with Gasteiger partial charge >= 0.3 is 0 Å². The Morgan fingerprint density at radius 1 is 1.07 bits per heavy atom. The summed E-state index contributed by atoms with van der Waals surface area (Å²) in [6.07, 6.45) is 3.42. The molecule has 1 amide bonds. The highest BCUT2D eigenvalue weighted by molar-refractivity contribution is 5.94. The number of halogens is 2. The van der Waals surface area contributed by atoms with Crippen LogP contribution in [0, 0.1) is 11.6 Å². The summed E-state index contributed by atoms with van der Waals surface area (Å²) >= 11 is 0. The van der Waals surface area contributed by atoms with Crippen molar-refractivity contribution in [3.8, 4) is 5.75 Å². The van der Waals surface area contributed by atoms with Crippen LogP contribution in [0.3, 0.4) is 0 Å². The van der Waals surface area contributed by atoms with Crippen LogP contribution in [0.4, 0.5) is 8.78 Å². The van der Waals surface area contributed by atoms with Gasteiger partial charge in [0.1, 0.15) is 17.4 Å². The molecule has 4 nitrogen and oxygen atoms in total. The molecule has 148 valence electrons. The molecule has 1 saturated heterocycles. The molecular formula is C22H24F2N2O2. The van der Waals surface area contributed by atoms with Crippen LogP contribution in [-0.4, -0.2) is 36.5 Å². The van der Waals surface area contributed by atoms with E-state index in [1.165, 1.54) is 24.3 Å². The first-order valence-corrected chi connectivity index (χ1v) is 9.84. The molecule has 1 fully saturated rings. The van der Waals surface area contributed by atoms with Crippen molar-refractivity contribution in [3.63, 3.8) is 0 Å². The van der Waals surface area contributed by atoms with Crippen molar-refractivity contribution in [1.29, 1.82) is 0 Å². The van der Waals surface area contributed by atoms with Gasteiger partial charge in [0.2, 0.25) is 0 Å². The number of piperidine rings is 1. The number of carbonyl (C=O) groups is 1. The number of nitrogens with zero attached hydrogens (tertiary/aromatic N) is 1. The molecule has 1 unspecified atom stereocenters. The quantitative estimate of drug-likeness (QED) is 0.865. The number of fused-ring (bicyclic) bond motifs is 1. The second kappa shape index (κ2) is 8.27. The molecule has 2 heterocycles. The molecule has 2 aliphatic heterocycles. The summed E-state index contributed by atoms with van der Waals surface area (Å²) < 4.78 is 33.1. The number of amides is 1. The molecule has 6 heteroatoms. The van der Waals surface area contributed by atoms with Crippen LogP contribution in [0.25, 0.3) is 0 Å². The van der Waals surface area contributed by atoms with E-state index in [4.69, 9.17) is 4.74 Å². The van der Waals surface area contributed by atoms with Crippen molar-refractivity contribution < 1.29 is 18.3 Å². The Morgan fingerprint density at radius 2 is 1.86 bits per heavy atom. The van der Waals surface area contributed by atoms with E-state index >= 15 is 0 Å². The van der Waals surface area contributed by atoms with E-state index in [1.807, 2.05) is 0 Å². The summed E-state index contributed by atoms with van der Waals surface area (Å²) in [5.41, 5.74) is 1.12. The Labute approximate surface area is 163 Å². The van der Waals surface area contributed by atoms with Crippen molar-refractivity contribution in [2.24, 2.45) is 0 Å². The highest BCUT2D eigenvalue weighted by atomic mass is 19.1. The normalized spacial score (nSPS) is 20.2. The molecule has 0 saturated carbocycles. The maximum Gasteiger partial charge on any atom is 0.256 e. The van der Waals surface area contributed by atoms with E-state index in [1.54, 1.807) is 23.1 Å². The molecular weight excluding hydrogens is 362 g/mol. The zero-order valence-corrected chi connectivity index (χ0v) is 15.7. The Balaban J connectivity index is 1.39. The van der Waals surface area contributed by atoms with Gasteiger partial charge in [-0.2, -0.15) is 0 Å². The highest BCUT2D eigenvalue weighted by Gasteiger charge is 2.28. The summed E-state index contributed by atoms with van der Waals surface area (Å²) in [7, 11) is 0. The van der Waals surface area contributed by atoms with E-state index in [9.17, 15) is 13.6 Å². The van der Waals surface area contributed by atoms with Gasteiger partial charge in [0.15, 0.2) is 0 Å². The van der Waals surface area contributed by atoms with Gasteiger partial charge in [-0.15, -0.1) is 0 Å². The summed E-state index contributed by atoms with van der Waals surface area (Å²) in [5, 5.41) is 3.67. The molecule has 0 bridgehead atoms. The number of hydrogen-bond donors (Lipinski definition) is 1. The Hall–Kier alpha value is -2.47. The number of carbonyl (C=O) groups excluding carboxylic acids is 1.